The zero-order valence-electron chi connectivity index (χ0n) is 16.0. The molecule has 0 unspecified atom stereocenters. The van der Waals surface area contributed by atoms with Gasteiger partial charge in [-0.05, 0) is 37.2 Å². The topological polar surface area (TPSA) is 62.5 Å². The minimum Gasteiger partial charge on any atom is -0.478 e. The van der Waals surface area contributed by atoms with Crippen LogP contribution in [0.3, 0.4) is 0 Å². The van der Waals surface area contributed by atoms with E-state index < -0.39 is 5.97 Å². The molecule has 0 aliphatic carbocycles. The van der Waals surface area contributed by atoms with E-state index in [1.54, 1.807) is 4.57 Å². The zero-order valence-corrected chi connectivity index (χ0v) is 16.0. The second-order valence-electron chi connectivity index (χ2n) is 7.35. The van der Waals surface area contributed by atoms with Gasteiger partial charge in [-0.3, -0.25) is 4.79 Å². The van der Waals surface area contributed by atoms with Gasteiger partial charge in [0, 0.05) is 12.1 Å². The van der Waals surface area contributed by atoms with Crippen LogP contribution in [0.2, 0.25) is 0 Å². The molecule has 142 valence electrons. The number of benzene rings is 2. The third-order valence-corrected chi connectivity index (χ3v) is 5.26. The van der Waals surface area contributed by atoms with Gasteiger partial charge in [0.2, 0.25) is 0 Å². The predicted molar refractivity (Wildman–Crippen MR) is 110 cm³/mol. The molecule has 3 aromatic rings. The fourth-order valence-electron chi connectivity index (χ4n) is 3.98. The molecule has 0 atom stereocenters. The van der Waals surface area contributed by atoms with Gasteiger partial charge >= 0.3 is 5.97 Å². The van der Waals surface area contributed by atoms with Gasteiger partial charge in [0.15, 0.2) is 0 Å². The number of nitrogens with zero attached hydrogens (tertiary/aromatic N) is 2. The highest BCUT2D eigenvalue weighted by Crippen LogP contribution is 2.37. The highest BCUT2D eigenvalue weighted by Gasteiger charge is 2.31. The lowest BCUT2D eigenvalue weighted by molar-refractivity contribution is 0.0695. The molecule has 0 saturated carbocycles. The van der Waals surface area contributed by atoms with Gasteiger partial charge in [0.1, 0.15) is 0 Å². The van der Waals surface area contributed by atoms with E-state index in [1.165, 1.54) is 0 Å². The third kappa shape index (κ3) is 2.94. The molecule has 2 aromatic carbocycles. The van der Waals surface area contributed by atoms with E-state index >= 15 is 0 Å². The lowest BCUT2D eigenvalue weighted by atomic mass is 9.91. The normalized spacial score (nSPS) is 12.1. The van der Waals surface area contributed by atoms with Crippen LogP contribution in [0.1, 0.15) is 21.5 Å². The maximum Gasteiger partial charge on any atom is 0.338 e. The van der Waals surface area contributed by atoms with Gasteiger partial charge in [0.05, 0.1) is 23.4 Å². The Balaban J connectivity index is 2.09. The number of rotatable bonds is 5. The largest absolute Gasteiger partial charge is 0.478 e. The minimum absolute atomic E-state index is 0.129. The van der Waals surface area contributed by atoms with Gasteiger partial charge < -0.3 is 14.6 Å². The van der Waals surface area contributed by atoms with Gasteiger partial charge in [-0.2, -0.15) is 0 Å². The summed E-state index contributed by atoms with van der Waals surface area (Å²) in [6, 6.07) is 17.0. The number of carboxylic acid groups (broad SMARTS) is 1. The van der Waals surface area contributed by atoms with Crippen molar-refractivity contribution < 1.29 is 9.90 Å². The number of likely N-dealkylation sites (N-methyl/N-ethyl adjacent to an activating group) is 1. The molecule has 0 spiro atoms. The van der Waals surface area contributed by atoms with E-state index in [-0.39, 0.29) is 11.1 Å². The molecule has 0 radical (unpaired) electrons. The first kappa shape index (κ1) is 18.2. The smallest absolute Gasteiger partial charge is 0.338 e. The van der Waals surface area contributed by atoms with E-state index in [4.69, 9.17) is 0 Å². The summed E-state index contributed by atoms with van der Waals surface area (Å²) < 4.78 is 1.62. The molecule has 0 bridgehead atoms. The first-order valence-corrected chi connectivity index (χ1v) is 9.30. The summed E-state index contributed by atoms with van der Waals surface area (Å²) >= 11 is 0. The first-order chi connectivity index (χ1) is 13.5. The van der Waals surface area contributed by atoms with Crippen LogP contribution in [0.25, 0.3) is 22.4 Å². The highest BCUT2D eigenvalue weighted by molar-refractivity contribution is 6.00. The van der Waals surface area contributed by atoms with Crippen molar-refractivity contribution in [1.82, 2.24) is 9.47 Å². The van der Waals surface area contributed by atoms with Crippen molar-refractivity contribution in [2.24, 2.45) is 0 Å². The van der Waals surface area contributed by atoms with E-state index in [0.29, 0.717) is 36.3 Å². The molecule has 1 aliphatic heterocycles. The molecule has 28 heavy (non-hydrogen) atoms. The van der Waals surface area contributed by atoms with Crippen LogP contribution in [-0.2, 0) is 13.0 Å². The molecule has 5 nitrogen and oxygen atoms in total. The molecule has 1 N–H and O–H groups in total. The standard InChI is InChI=1S/C23H22N2O3/c1-24(2)13-12-18-19(15-8-4-3-5-9-15)22(26)25-14-16-10-6-7-11-17(16)21(25)20(18)23(27)28/h3-11H,12-14H2,1-2H3,(H,27,28). The molecular formula is C23H22N2O3. The van der Waals surface area contributed by atoms with Crippen LogP contribution in [0.4, 0.5) is 0 Å². The van der Waals surface area contributed by atoms with Crippen LogP contribution >= 0.6 is 0 Å². The van der Waals surface area contributed by atoms with E-state index in [2.05, 4.69) is 0 Å². The molecule has 1 aliphatic rings. The van der Waals surface area contributed by atoms with Crippen molar-refractivity contribution in [1.29, 1.82) is 0 Å². The quantitative estimate of drug-likeness (QED) is 0.582. The Hall–Kier alpha value is -3.18. The van der Waals surface area contributed by atoms with Gasteiger partial charge in [-0.1, -0.05) is 54.6 Å². The summed E-state index contributed by atoms with van der Waals surface area (Å²) in [5, 5.41) is 10.2. The molecule has 2 heterocycles. The van der Waals surface area contributed by atoms with E-state index in [9.17, 15) is 14.7 Å². The van der Waals surface area contributed by atoms with Crippen LogP contribution in [0.15, 0.2) is 59.4 Å². The summed E-state index contributed by atoms with van der Waals surface area (Å²) in [5.41, 5.74) is 4.32. The predicted octanol–water partition coefficient (Wildman–Crippen LogP) is 3.35. The number of fused-ring (bicyclic) bond motifs is 3. The van der Waals surface area contributed by atoms with Gasteiger partial charge in [-0.15, -0.1) is 0 Å². The third-order valence-electron chi connectivity index (χ3n) is 5.26. The molecular weight excluding hydrogens is 352 g/mol. The van der Waals surface area contributed by atoms with Crippen molar-refractivity contribution in [3.8, 4) is 22.4 Å². The van der Waals surface area contributed by atoms with Crippen LogP contribution < -0.4 is 5.56 Å². The average Bonchev–Trinajstić information content (AvgIpc) is 3.06. The Labute approximate surface area is 163 Å². The Morgan fingerprint density at radius 3 is 2.43 bits per heavy atom. The second kappa shape index (κ2) is 7.09. The summed E-state index contributed by atoms with van der Waals surface area (Å²) in [6.45, 7) is 1.06. The first-order valence-electron chi connectivity index (χ1n) is 9.30. The van der Waals surface area contributed by atoms with Crippen LogP contribution in [-0.4, -0.2) is 41.2 Å². The number of hydrogen-bond donors (Lipinski definition) is 1. The molecule has 0 fully saturated rings. The summed E-state index contributed by atoms with van der Waals surface area (Å²) in [5.74, 6) is -0.994. The van der Waals surface area contributed by atoms with Crippen molar-refractivity contribution in [2.75, 3.05) is 20.6 Å². The SMILES string of the molecule is CN(C)CCc1c(C(=O)O)c2n(c(=O)c1-c1ccccc1)Cc1ccccc1-2. The number of hydrogen-bond acceptors (Lipinski definition) is 3. The summed E-state index contributed by atoms with van der Waals surface area (Å²) in [7, 11) is 3.89. The Morgan fingerprint density at radius 1 is 1.07 bits per heavy atom. The van der Waals surface area contributed by atoms with Gasteiger partial charge in [-0.25, -0.2) is 4.79 Å². The molecule has 1 aromatic heterocycles. The average molecular weight is 374 g/mol. The fourth-order valence-corrected chi connectivity index (χ4v) is 3.98. The maximum absolute atomic E-state index is 13.5. The molecule has 5 heteroatoms. The summed E-state index contributed by atoms with van der Waals surface area (Å²) in [4.78, 5) is 27.9. The number of carboxylic acids is 1. The molecule has 0 saturated heterocycles. The van der Waals surface area contributed by atoms with E-state index in [1.807, 2.05) is 73.6 Å². The Morgan fingerprint density at radius 2 is 1.75 bits per heavy atom. The zero-order chi connectivity index (χ0) is 19.8. The number of carbonyl (C=O) groups is 1. The second-order valence-corrected chi connectivity index (χ2v) is 7.35. The van der Waals surface area contributed by atoms with Crippen molar-refractivity contribution in [3.05, 3.63) is 81.6 Å². The molecule has 4 rings (SSSR count). The van der Waals surface area contributed by atoms with Crippen LogP contribution in [0.5, 0.6) is 0 Å². The number of aromatic carboxylic acids is 1. The molecule has 0 amide bonds. The van der Waals surface area contributed by atoms with E-state index in [0.717, 1.165) is 16.7 Å². The lowest BCUT2D eigenvalue weighted by Crippen LogP contribution is -2.27. The van der Waals surface area contributed by atoms with Crippen LogP contribution in [0, 0.1) is 0 Å². The maximum atomic E-state index is 13.5. The Kier molecular flexibility index (Phi) is 4.61. The number of pyridine rings is 1. The highest BCUT2D eigenvalue weighted by atomic mass is 16.4. The van der Waals surface area contributed by atoms with Crippen molar-refractivity contribution in [2.45, 2.75) is 13.0 Å². The van der Waals surface area contributed by atoms with Crippen molar-refractivity contribution >= 4 is 5.97 Å². The summed E-state index contributed by atoms with van der Waals surface area (Å²) in [6.07, 6.45) is 0.490. The van der Waals surface area contributed by atoms with Crippen molar-refractivity contribution in [3.63, 3.8) is 0 Å². The minimum atomic E-state index is -0.994. The fraction of sp³-hybridized carbons (Fsp3) is 0.217. The lowest BCUT2D eigenvalue weighted by Gasteiger charge is -2.19. The number of aromatic nitrogens is 1. The van der Waals surface area contributed by atoms with Gasteiger partial charge in [0.25, 0.3) is 5.56 Å². The Bertz CT molecular complexity index is 1110. The monoisotopic (exact) mass is 374 g/mol.